The number of amides is 1. The van der Waals surface area contributed by atoms with Gasteiger partial charge in [0.1, 0.15) is 6.04 Å². The number of nitrogens with zero attached hydrogens (tertiary/aromatic N) is 1. The van der Waals surface area contributed by atoms with E-state index in [9.17, 15) is 9.59 Å². The summed E-state index contributed by atoms with van der Waals surface area (Å²) in [5, 5.41) is 11.4. The van der Waals surface area contributed by atoms with Crippen LogP contribution >= 0.6 is 0 Å². The van der Waals surface area contributed by atoms with E-state index in [0.29, 0.717) is 6.54 Å². The highest BCUT2D eigenvalue weighted by atomic mass is 16.4. The van der Waals surface area contributed by atoms with Crippen LogP contribution in [0.5, 0.6) is 0 Å². The van der Waals surface area contributed by atoms with E-state index in [1.807, 2.05) is 23.1 Å². The lowest BCUT2D eigenvalue weighted by molar-refractivity contribution is -0.143. The van der Waals surface area contributed by atoms with Gasteiger partial charge in [-0.1, -0.05) is 42.5 Å². The van der Waals surface area contributed by atoms with E-state index in [-0.39, 0.29) is 17.9 Å². The summed E-state index contributed by atoms with van der Waals surface area (Å²) in [5.41, 5.74) is 6.46. The molecule has 0 aliphatic carbocycles. The van der Waals surface area contributed by atoms with Crippen LogP contribution in [0.2, 0.25) is 0 Å². The van der Waals surface area contributed by atoms with Crippen molar-refractivity contribution in [1.82, 2.24) is 4.90 Å². The molecule has 0 radical (unpaired) electrons. The second kappa shape index (κ2) is 6.84. The third-order valence-corrected chi connectivity index (χ3v) is 5.21. The number of carbonyl (C=O) groups is 2. The molecular formula is C20H24N2O3. The van der Waals surface area contributed by atoms with Crippen molar-refractivity contribution in [3.63, 3.8) is 0 Å². The average molecular weight is 340 g/mol. The van der Waals surface area contributed by atoms with E-state index < -0.39 is 12.0 Å². The van der Waals surface area contributed by atoms with Gasteiger partial charge in [-0.25, -0.2) is 0 Å². The smallest absolute Gasteiger partial charge is 0.321 e. The van der Waals surface area contributed by atoms with E-state index in [0.717, 1.165) is 19.3 Å². The molecule has 5 heteroatoms. The summed E-state index contributed by atoms with van der Waals surface area (Å²) in [4.78, 5) is 25.4. The topological polar surface area (TPSA) is 83.6 Å². The molecule has 3 rings (SSSR count). The summed E-state index contributed by atoms with van der Waals surface area (Å²) < 4.78 is 0. The molecular weight excluding hydrogens is 316 g/mol. The Labute approximate surface area is 147 Å². The van der Waals surface area contributed by atoms with Crippen molar-refractivity contribution >= 4 is 22.6 Å². The Hall–Kier alpha value is -2.40. The molecule has 2 atom stereocenters. The first-order chi connectivity index (χ1) is 11.9. The molecule has 2 aromatic rings. The minimum Gasteiger partial charge on any atom is -0.480 e. The van der Waals surface area contributed by atoms with Crippen LogP contribution < -0.4 is 5.73 Å². The predicted octanol–water partition coefficient (Wildman–Crippen LogP) is 2.57. The number of nitrogens with two attached hydrogens (primary N) is 1. The predicted molar refractivity (Wildman–Crippen MR) is 97.2 cm³/mol. The standard InChI is InChI=1S/C20H24N2O3/c1-20(10-5-11-22(20)18(23)12-17(21)19(24)25)13-15-8-4-7-14-6-2-3-9-16(14)15/h2-4,6-9,17H,5,10-13,21H2,1H3,(H,24,25)/t17-,20?/m0/s1. The summed E-state index contributed by atoms with van der Waals surface area (Å²) >= 11 is 0. The largest absolute Gasteiger partial charge is 0.480 e. The van der Waals surface area contributed by atoms with Crippen LogP contribution in [0.15, 0.2) is 42.5 Å². The van der Waals surface area contributed by atoms with Crippen LogP contribution in [-0.4, -0.2) is 40.0 Å². The number of hydrogen-bond acceptors (Lipinski definition) is 3. The summed E-state index contributed by atoms with van der Waals surface area (Å²) in [7, 11) is 0. The van der Waals surface area contributed by atoms with Gasteiger partial charge in [-0.3, -0.25) is 9.59 Å². The molecule has 1 aliphatic rings. The van der Waals surface area contributed by atoms with E-state index >= 15 is 0 Å². The van der Waals surface area contributed by atoms with Gasteiger partial charge in [-0.2, -0.15) is 0 Å². The Morgan fingerprint density at radius 3 is 2.72 bits per heavy atom. The van der Waals surface area contributed by atoms with Gasteiger partial charge in [0.25, 0.3) is 0 Å². The Kier molecular flexibility index (Phi) is 4.77. The number of benzene rings is 2. The van der Waals surface area contributed by atoms with Crippen LogP contribution in [0.3, 0.4) is 0 Å². The highest BCUT2D eigenvalue weighted by Gasteiger charge is 2.40. The first-order valence-corrected chi connectivity index (χ1v) is 8.66. The lowest BCUT2D eigenvalue weighted by Gasteiger charge is -2.36. The monoisotopic (exact) mass is 340 g/mol. The molecule has 0 saturated carbocycles. The molecule has 3 N–H and O–H groups in total. The van der Waals surface area contributed by atoms with Crippen molar-refractivity contribution in [3.8, 4) is 0 Å². The molecule has 5 nitrogen and oxygen atoms in total. The maximum atomic E-state index is 12.6. The molecule has 1 aliphatic heterocycles. The van der Waals surface area contributed by atoms with Gasteiger partial charge in [0.15, 0.2) is 0 Å². The van der Waals surface area contributed by atoms with Gasteiger partial charge >= 0.3 is 5.97 Å². The first-order valence-electron chi connectivity index (χ1n) is 8.66. The molecule has 1 heterocycles. The van der Waals surface area contributed by atoms with Crippen molar-refractivity contribution in [2.24, 2.45) is 5.73 Å². The molecule has 1 fully saturated rings. The van der Waals surface area contributed by atoms with Crippen molar-refractivity contribution in [2.75, 3.05) is 6.54 Å². The minimum atomic E-state index is -1.14. The molecule has 2 aromatic carbocycles. The van der Waals surface area contributed by atoms with Gasteiger partial charge in [-0.05, 0) is 42.5 Å². The zero-order chi connectivity index (χ0) is 18.0. The Bertz CT molecular complexity index is 799. The van der Waals surface area contributed by atoms with Crippen molar-refractivity contribution < 1.29 is 14.7 Å². The van der Waals surface area contributed by atoms with Gasteiger partial charge in [-0.15, -0.1) is 0 Å². The van der Waals surface area contributed by atoms with Gasteiger partial charge in [0.2, 0.25) is 5.91 Å². The van der Waals surface area contributed by atoms with Crippen molar-refractivity contribution in [1.29, 1.82) is 0 Å². The minimum absolute atomic E-state index is 0.152. The number of carboxylic acid groups (broad SMARTS) is 1. The number of carboxylic acids is 1. The van der Waals surface area contributed by atoms with E-state index in [4.69, 9.17) is 10.8 Å². The number of aliphatic carboxylic acids is 1. The van der Waals surface area contributed by atoms with Crippen LogP contribution in [-0.2, 0) is 16.0 Å². The fraction of sp³-hybridized carbons (Fsp3) is 0.400. The van der Waals surface area contributed by atoms with E-state index in [1.165, 1.54) is 16.3 Å². The molecule has 132 valence electrons. The summed E-state index contributed by atoms with van der Waals surface area (Å²) in [6.07, 6.45) is 2.43. The summed E-state index contributed by atoms with van der Waals surface area (Å²) in [5.74, 6) is -1.31. The number of carbonyl (C=O) groups excluding carboxylic acids is 1. The Morgan fingerprint density at radius 1 is 1.24 bits per heavy atom. The third-order valence-electron chi connectivity index (χ3n) is 5.21. The normalized spacial score (nSPS) is 21.4. The fourth-order valence-electron chi connectivity index (χ4n) is 3.88. The fourth-order valence-corrected chi connectivity index (χ4v) is 3.88. The number of hydrogen-bond donors (Lipinski definition) is 2. The Morgan fingerprint density at radius 2 is 1.96 bits per heavy atom. The van der Waals surface area contributed by atoms with E-state index in [1.54, 1.807) is 0 Å². The lowest BCUT2D eigenvalue weighted by atomic mass is 9.87. The highest BCUT2D eigenvalue weighted by Crippen LogP contribution is 2.34. The SMILES string of the molecule is CC1(Cc2cccc3ccccc23)CCCN1C(=O)C[C@H](N)C(=O)O. The zero-order valence-electron chi connectivity index (χ0n) is 14.4. The van der Waals surface area contributed by atoms with Gasteiger partial charge in [0, 0.05) is 12.1 Å². The second-order valence-electron chi connectivity index (χ2n) is 7.11. The third kappa shape index (κ3) is 3.51. The van der Waals surface area contributed by atoms with Gasteiger partial charge in [0.05, 0.1) is 6.42 Å². The molecule has 0 aromatic heterocycles. The van der Waals surface area contributed by atoms with Crippen molar-refractivity contribution in [2.45, 2.75) is 44.2 Å². The molecule has 25 heavy (non-hydrogen) atoms. The zero-order valence-corrected chi connectivity index (χ0v) is 14.4. The van der Waals surface area contributed by atoms with Gasteiger partial charge < -0.3 is 15.7 Å². The molecule has 0 spiro atoms. The lowest BCUT2D eigenvalue weighted by Crippen LogP contribution is -2.49. The Balaban J connectivity index is 1.84. The average Bonchev–Trinajstić information content (AvgIpc) is 2.96. The molecule has 1 unspecified atom stereocenters. The summed E-state index contributed by atoms with van der Waals surface area (Å²) in [6.45, 7) is 2.75. The van der Waals surface area contributed by atoms with Crippen LogP contribution in [0.4, 0.5) is 0 Å². The number of rotatable bonds is 5. The quantitative estimate of drug-likeness (QED) is 0.876. The maximum absolute atomic E-state index is 12.6. The highest BCUT2D eigenvalue weighted by molar-refractivity contribution is 5.87. The molecule has 1 saturated heterocycles. The first kappa shape index (κ1) is 17.4. The molecule has 1 amide bonds. The number of likely N-dealkylation sites (tertiary alicyclic amines) is 1. The molecule has 0 bridgehead atoms. The maximum Gasteiger partial charge on any atom is 0.321 e. The van der Waals surface area contributed by atoms with Crippen LogP contribution in [0.25, 0.3) is 10.8 Å². The number of fused-ring (bicyclic) bond motifs is 1. The van der Waals surface area contributed by atoms with Crippen LogP contribution in [0.1, 0.15) is 31.7 Å². The van der Waals surface area contributed by atoms with Crippen LogP contribution in [0, 0.1) is 0 Å². The van der Waals surface area contributed by atoms with E-state index in [2.05, 4.69) is 31.2 Å². The van der Waals surface area contributed by atoms with Crippen molar-refractivity contribution in [3.05, 3.63) is 48.0 Å². The second-order valence-corrected chi connectivity index (χ2v) is 7.11. The summed E-state index contributed by atoms with van der Waals surface area (Å²) in [6, 6.07) is 13.3.